The van der Waals surface area contributed by atoms with Crippen molar-refractivity contribution in [2.24, 2.45) is 5.73 Å². The zero-order valence-electron chi connectivity index (χ0n) is 20.2. The molecule has 2 aromatic rings. The van der Waals surface area contributed by atoms with E-state index in [9.17, 15) is 33.0 Å². The zero-order chi connectivity index (χ0) is 26.8. The summed E-state index contributed by atoms with van der Waals surface area (Å²) < 4.78 is 45.1. The first-order chi connectivity index (χ1) is 17.5. The van der Waals surface area contributed by atoms with Crippen LogP contribution < -0.4 is 5.73 Å². The number of carbonyl (C=O) groups excluding carboxylic acids is 2. The number of alkyl halides is 3. The largest absolute Gasteiger partial charge is 0.449 e. The Bertz CT molecular complexity index is 1100. The number of nitrogens with two attached hydrogens (primary N) is 1. The van der Waals surface area contributed by atoms with Gasteiger partial charge in [-0.2, -0.15) is 13.2 Å². The normalized spacial score (nSPS) is 23.6. The maximum atomic E-state index is 13.5. The predicted molar refractivity (Wildman–Crippen MR) is 126 cm³/mol. The number of benzene rings is 1. The molecule has 1 atom stereocenters. The van der Waals surface area contributed by atoms with E-state index in [0.717, 1.165) is 30.7 Å². The average molecular weight is 522 g/mol. The highest BCUT2D eigenvalue weighted by atomic mass is 19.4. The number of hydrogen-bond acceptors (Lipinski definition) is 6. The number of carbonyl (C=O) groups is 2. The molecule has 0 spiro atoms. The molecule has 2 fully saturated rings. The van der Waals surface area contributed by atoms with Crippen LogP contribution in [0.2, 0.25) is 0 Å². The Kier molecular flexibility index (Phi) is 7.48. The van der Waals surface area contributed by atoms with Crippen molar-refractivity contribution in [3.63, 3.8) is 0 Å². The van der Waals surface area contributed by atoms with Gasteiger partial charge in [-0.15, -0.1) is 0 Å². The molecule has 0 unspecified atom stereocenters. The van der Waals surface area contributed by atoms with Crippen molar-refractivity contribution in [3.05, 3.63) is 65.5 Å². The summed E-state index contributed by atoms with van der Waals surface area (Å²) in [5, 5.41) is 19.2. The van der Waals surface area contributed by atoms with Crippen LogP contribution in [-0.2, 0) is 15.8 Å². The Morgan fingerprint density at radius 2 is 1.68 bits per heavy atom. The van der Waals surface area contributed by atoms with E-state index in [0.29, 0.717) is 25.7 Å². The molecule has 37 heavy (non-hydrogen) atoms. The van der Waals surface area contributed by atoms with Gasteiger partial charge in [0.2, 0.25) is 5.60 Å². The number of amides is 2. The van der Waals surface area contributed by atoms with Gasteiger partial charge in [0.05, 0.1) is 6.61 Å². The standard InChI is InChI=1S/C26H30F3N3O5/c27-26(28,29)25(36,15-33)18-6-4-17(5-7-18)22(34)32(19-8-9-19)20-10-12-24(13-11-20,16-37-23(30)35)21-3-1-2-14-31-21/h1-7,14,19-20,33,36H,8-13,15-16H2,(H2,30,35)/t20-,24-,25-/m0/s1. The number of ether oxygens (including phenoxy) is 1. The van der Waals surface area contributed by atoms with Gasteiger partial charge >= 0.3 is 12.3 Å². The number of nitrogens with zero attached hydrogens (tertiary/aromatic N) is 2. The van der Waals surface area contributed by atoms with Crippen molar-refractivity contribution in [2.75, 3.05) is 13.2 Å². The van der Waals surface area contributed by atoms with E-state index < -0.39 is 35.5 Å². The topological polar surface area (TPSA) is 126 Å². The van der Waals surface area contributed by atoms with Crippen molar-refractivity contribution in [3.8, 4) is 0 Å². The number of halogens is 3. The fourth-order valence-corrected chi connectivity index (χ4v) is 5.16. The Balaban J connectivity index is 1.52. The van der Waals surface area contributed by atoms with Crippen LogP contribution in [0.15, 0.2) is 48.7 Å². The number of aromatic nitrogens is 1. The minimum Gasteiger partial charge on any atom is -0.449 e. The van der Waals surface area contributed by atoms with Crippen LogP contribution >= 0.6 is 0 Å². The predicted octanol–water partition coefficient (Wildman–Crippen LogP) is 3.40. The van der Waals surface area contributed by atoms with E-state index in [-0.39, 0.29) is 30.2 Å². The van der Waals surface area contributed by atoms with E-state index in [1.165, 1.54) is 12.1 Å². The molecule has 2 amide bonds. The summed E-state index contributed by atoms with van der Waals surface area (Å²) in [6, 6.07) is 10.0. The summed E-state index contributed by atoms with van der Waals surface area (Å²) in [5.41, 5.74) is 1.74. The highest BCUT2D eigenvalue weighted by Gasteiger charge is 2.54. The molecule has 1 aromatic carbocycles. The van der Waals surface area contributed by atoms with Gasteiger partial charge in [0.1, 0.15) is 6.61 Å². The fourth-order valence-electron chi connectivity index (χ4n) is 5.16. The van der Waals surface area contributed by atoms with Gasteiger partial charge in [0.25, 0.3) is 5.91 Å². The number of aliphatic hydroxyl groups is 2. The molecule has 4 N–H and O–H groups in total. The number of pyridine rings is 1. The number of rotatable bonds is 8. The molecule has 0 bridgehead atoms. The third kappa shape index (κ3) is 5.42. The van der Waals surface area contributed by atoms with E-state index in [2.05, 4.69) is 4.98 Å². The SMILES string of the molecule is NC(=O)OC[C@]1(c2ccccn2)CC[C@H](N(C(=O)c2ccc([C@@](O)(CO)C(F)(F)F)cc2)C2CC2)CC1. The number of aliphatic hydroxyl groups excluding tert-OH is 1. The molecule has 200 valence electrons. The summed E-state index contributed by atoms with van der Waals surface area (Å²) in [5.74, 6) is -0.294. The van der Waals surface area contributed by atoms with Crippen LogP contribution in [0.3, 0.4) is 0 Å². The van der Waals surface area contributed by atoms with Crippen LogP contribution in [0.5, 0.6) is 0 Å². The second-order valence-electron chi connectivity index (χ2n) is 9.87. The van der Waals surface area contributed by atoms with E-state index in [1.54, 1.807) is 12.3 Å². The zero-order valence-corrected chi connectivity index (χ0v) is 20.2. The van der Waals surface area contributed by atoms with E-state index in [1.807, 2.05) is 17.0 Å². The van der Waals surface area contributed by atoms with Crippen LogP contribution in [0, 0.1) is 0 Å². The summed E-state index contributed by atoms with van der Waals surface area (Å²) >= 11 is 0. The third-order valence-electron chi connectivity index (χ3n) is 7.49. The second-order valence-corrected chi connectivity index (χ2v) is 9.87. The van der Waals surface area contributed by atoms with Crippen molar-refractivity contribution >= 4 is 12.0 Å². The van der Waals surface area contributed by atoms with Gasteiger partial charge in [0, 0.05) is 35.0 Å². The minimum atomic E-state index is -5.08. The molecule has 2 aliphatic carbocycles. The van der Waals surface area contributed by atoms with Gasteiger partial charge in [-0.3, -0.25) is 9.78 Å². The lowest BCUT2D eigenvalue weighted by molar-refractivity contribution is -0.277. The highest BCUT2D eigenvalue weighted by molar-refractivity contribution is 5.95. The molecular weight excluding hydrogens is 491 g/mol. The minimum absolute atomic E-state index is 0.0472. The molecule has 11 heteroatoms. The van der Waals surface area contributed by atoms with E-state index in [4.69, 9.17) is 10.5 Å². The van der Waals surface area contributed by atoms with Gasteiger partial charge in [-0.1, -0.05) is 18.2 Å². The first-order valence-electron chi connectivity index (χ1n) is 12.2. The molecule has 1 heterocycles. The third-order valence-corrected chi connectivity index (χ3v) is 7.49. The van der Waals surface area contributed by atoms with Crippen molar-refractivity contribution < 1.29 is 37.7 Å². The first-order valence-corrected chi connectivity index (χ1v) is 12.2. The van der Waals surface area contributed by atoms with Crippen molar-refractivity contribution in [1.82, 2.24) is 9.88 Å². The Morgan fingerprint density at radius 1 is 1.05 bits per heavy atom. The first kappa shape index (κ1) is 26.9. The molecule has 4 rings (SSSR count). The smallest absolute Gasteiger partial charge is 0.423 e. The second kappa shape index (κ2) is 10.3. The summed E-state index contributed by atoms with van der Waals surface area (Å²) in [6.45, 7) is -1.45. The maximum Gasteiger partial charge on any atom is 0.423 e. The molecule has 0 radical (unpaired) electrons. The van der Waals surface area contributed by atoms with Crippen LogP contribution in [-0.4, -0.2) is 63.6 Å². The van der Waals surface area contributed by atoms with Crippen molar-refractivity contribution in [1.29, 1.82) is 0 Å². The molecule has 2 saturated carbocycles. The van der Waals surface area contributed by atoms with Crippen LogP contribution in [0.4, 0.5) is 18.0 Å². The molecule has 2 aliphatic rings. The van der Waals surface area contributed by atoms with Crippen molar-refractivity contribution in [2.45, 2.75) is 67.8 Å². The summed E-state index contributed by atoms with van der Waals surface area (Å²) in [7, 11) is 0. The maximum absolute atomic E-state index is 13.5. The van der Waals surface area contributed by atoms with Gasteiger partial charge in [-0.05, 0) is 68.4 Å². The lowest BCUT2D eigenvalue weighted by Crippen LogP contribution is -2.48. The lowest BCUT2D eigenvalue weighted by Gasteiger charge is -2.43. The molecule has 0 saturated heterocycles. The summed E-state index contributed by atoms with van der Waals surface area (Å²) in [4.78, 5) is 31.1. The highest BCUT2D eigenvalue weighted by Crippen LogP contribution is 2.43. The Hall–Kier alpha value is -3.18. The van der Waals surface area contributed by atoms with Crippen LogP contribution in [0.1, 0.15) is 60.1 Å². The summed E-state index contributed by atoms with van der Waals surface area (Å²) in [6.07, 6.45) is -0.131. The Labute approximate surface area is 212 Å². The Morgan fingerprint density at radius 3 is 2.16 bits per heavy atom. The lowest BCUT2D eigenvalue weighted by atomic mass is 9.70. The molecule has 0 aliphatic heterocycles. The molecule has 1 aromatic heterocycles. The molecular formula is C26H30F3N3O5. The number of hydrogen-bond donors (Lipinski definition) is 3. The van der Waals surface area contributed by atoms with Gasteiger partial charge in [-0.25, -0.2) is 4.79 Å². The van der Waals surface area contributed by atoms with E-state index >= 15 is 0 Å². The number of primary amides is 1. The molecule has 8 nitrogen and oxygen atoms in total. The quantitative estimate of drug-likeness (QED) is 0.489. The fraction of sp³-hybridized carbons (Fsp3) is 0.500. The van der Waals surface area contributed by atoms with Crippen LogP contribution in [0.25, 0.3) is 0 Å². The van der Waals surface area contributed by atoms with Gasteiger partial charge < -0.3 is 25.6 Å². The van der Waals surface area contributed by atoms with Gasteiger partial charge in [0.15, 0.2) is 0 Å². The average Bonchev–Trinajstić information content (AvgIpc) is 3.73. The monoisotopic (exact) mass is 521 g/mol.